The van der Waals surface area contributed by atoms with Crippen molar-refractivity contribution in [3.63, 3.8) is 0 Å². The molecule has 136 valence electrons. The average molecular weight is 347 g/mol. The summed E-state index contributed by atoms with van der Waals surface area (Å²) in [6.45, 7) is 2.29. The van der Waals surface area contributed by atoms with Crippen molar-refractivity contribution < 1.29 is 0 Å². The van der Waals surface area contributed by atoms with Gasteiger partial charge in [0.2, 0.25) is 0 Å². The second kappa shape index (κ2) is 15.8. The highest BCUT2D eigenvalue weighted by Crippen LogP contribution is 2.14. The lowest BCUT2D eigenvalue weighted by Crippen LogP contribution is -1.88. The summed E-state index contributed by atoms with van der Waals surface area (Å²) in [6, 6.07) is 8.67. The Morgan fingerprint density at radius 1 is 0.708 bits per heavy atom. The Balaban J connectivity index is 1.83. The number of aryl methyl sites for hydroxylation is 1. The molecule has 0 aromatic heterocycles. The summed E-state index contributed by atoms with van der Waals surface area (Å²) in [5, 5.41) is 1.77. The minimum atomic E-state index is 1.17. The van der Waals surface area contributed by atoms with Crippen molar-refractivity contribution >= 4 is 17.6 Å². The molecule has 0 unspecified atom stereocenters. The molecule has 0 nitrogen and oxygen atoms in total. The van der Waals surface area contributed by atoms with Crippen LogP contribution < -0.4 is 0 Å². The highest BCUT2D eigenvalue weighted by Gasteiger charge is 1.96. The first kappa shape index (κ1) is 21.4. The van der Waals surface area contributed by atoms with Gasteiger partial charge in [-0.15, -0.1) is 0 Å². The number of unbranched alkanes of at least 4 members (excludes halogenated alkanes) is 13. The van der Waals surface area contributed by atoms with Crippen LogP contribution in [0.3, 0.4) is 0 Å². The van der Waals surface area contributed by atoms with Crippen LogP contribution in [0.2, 0.25) is 0 Å². The Kier molecular flexibility index (Phi) is 14.1. The quantitative estimate of drug-likeness (QED) is 0.215. The Hall–Kier alpha value is -0.690. The van der Waals surface area contributed by atoms with Crippen LogP contribution in [0.1, 0.15) is 108 Å². The van der Waals surface area contributed by atoms with Gasteiger partial charge in [0.05, 0.1) is 0 Å². The summed E-state index contributed by atoms with van der Waals surface area (Å²) in [6.07, 6.45) is 21.2. The van der Waals surface area contributed by atoms with Gasteiger partial charge in [0.1, 0.15) is 0 Å². The Bertz CT molecular complexity index is 410. The molecule has 0 bridgehead atoms. The van der Waals surface area contributed by atoms with Gasteiger partial charge < -0.3 is 0 Å². The molecule has 0 heterocycles. The fourth-order valence-electron chi connectivity index (χ4n) is 3.35. The van der Waals surface area contributed by atoms with Crippen LogP contribution >= 0.6 is 12.2 Å². The monoisotopic (exact) mass is 346 g/mol. The highest BCUT2D eigenvalue weighted by atomic mass is 32.1. The molecular weight excluding hydrogens is 308 g/mol. The van der Waals surface area contributed by atoms with Crippen LogP contribution in [-0.2, 0) is 6.42 Å². The maximum atomic E-state index is 5.00. The molecule has 0 aliphatic carbocycles. The molecule has 1 aromatic carbocycles. The molecule has 0 saturated carbocycles. The van der Waals surface area contributed by atoms with E-state index in [9.17, 15) is 0 Å². The predicted molar refractivity (Wildman–Crippen MR) is 113 cm³/mol. The fraction of sp³-hybridized carbons (Fsp3) is 0.696. The van der Waals surface area contributed by atoms with Crippen LogP contribution in [0.15, 0.2) is 24.3 Å². The van der Waals surface area contributed by atoms with Gasteiger partial charge in [-0.3, -0.25) is 0 Å². The normalized spacial score (nSPS) is 10.9. The highest BCUT2D eigenvalue weighted by molar-refractivity contribution is 7.79. The minimum Gasteiger partial charge on any atom is -0.0881 e. The zero-order chi connectivity index (χ0) is 17.3. The summed E-state index contributed by atoms with van der Waals surface area (Å²) in [5.74, 6) is 0. The Morgan fingerprint density at radius 3 is 1.71 bits per heavy atom. The molecule has 0 fully saturated rings. The van der Waals surface area contributed by atoms with Crippen molar-refractivity contribution in [3.8, 4) is 0 Å². The molecule has 0 radical (unpaired) electrons. The van der Waals surface area contributed by atoms with Gasteiger partial charge in [0, 0.05) is 5.37 Å². The Labute approximate surface area is 156 Å². The van der Waals surface area contributed by atoms with Crippen molar-refractivity contribution in [2.24, 2.45) is 0 Å². The first-order chi connectivity index (χ1) is 11.9. The zero-order valence-corrected chi connectivity index (χ0v) is 16.7. The molecule has 0 aliphatic heterocycles. The molecule has 0 saturated heterocycles. The summed E-state index contributed by atoms with van der Waals surface area (Å²) < 4.78 is 0. The maximum absolute atomic E-state index is 5.00. The van der Waals surface area contributed by atoms with E-state index >= 15 is 0 Å². The van der Waals surface area contributed by atoms with E-state index < -0.39 is 0 Å². The molecule has 1 heteroatoms. The van der Waals surface area contributed by atoms with Gasteiger partial charge in [-0.2, -0.15) is 0 Å². The van der Waals surface area contributed by atoms with Gasteiger partial charge in [-0.05, 0) is 24.0 Å². The van der Waals surface area contributed by atoms with Crippen molar-refractivity contribution in [1.29, 1.82) is 0 Å². The predicted octanol–water partition coefficient (Wildman–Crippen LogP) is 8.06. The van der Waals surface area contributed by atoms with Crippen LogP contribution in [0.25, 0.3) is 0 Å². The van der Waals surface area contributed by atoms with Crippen molar-refractivity contribution in [3.05, 3.63) is 35.4 Å². The van der Waals surface area contributed by atoms with Crippen molar-refractivity contribution in [2.45, 2.75) is 103 Å². The first-order valence-electron chi connectivity index (χ1n) is 10.4. The number of benzene rings is 1. The molecule has 1 aromatic rings. The summed E-state index contributed by atoms with van der Waals surface area (Å²) in [4.78, 5) is 0. The molecular formula is C23H38S. The van der Waals surface area contributed by atoms with Gasteiger partial charge in [-0.25, -0.2) is 0 Å². The molecule has 1 rings (SSSR count). The van der Waals surface area contributed by atoms with Crippen molar-refractivity contribution in [1.82, 2.24) is 0 Å². The van der Waals surface area contributed by atoms with Crippen molar-refractivity contribution in [2.75, 3.05) is 0 Å². The van der Waals surface area contributed by atoms with Crippen LogP contribution in [-0.4, -0.2) is 5.37 Å². The molecule has 24 heavy (non-hydrogen) atoms. The first-order valence-corrected chi connectivity index (χ1v) is 10.9. The summed E-state index contributed by atoms with van der Waals surface area (Å²) in [7, 11) is 0. The van der Waals surface area contributed by atoms with E-state index in [-0.39, 0.29) is 0 Å². The van der Waals surface area contributed by atoms with Gasteiger partial charge in [0.15, 0.2) is 0 Å². The van der Waals surface area contributed by atoms with Crippen LogP contribution in [0, 0.1) is 0 Å². The topological polar surface area (TPSA) is 0 Å². The molecule has 0 spiro atoms. The fourth-order valence-corrected chi connectivity index (χ4v) is 3.49. The third-order valence-corrected chi connectivity index (χ3v) is 5.18. The number of rotatable bonds is 16. The standard InChI is InChI=1S/C23H38S/c1-2-3-4-5-6-7-8-9-10-11-12-13-14-15-17-22-18-16-19-23(20-22)21-24/h16,18-21H,2-15,17H2,1H3. The lowest BCUT2D eigenvalue weighted by atomic mass is 10.0. The molecule has 0 amide bonds. The van der Waals surface area contributed by atoms with Gasteiger partial charge in [-0.1, -0.05) is 127 Å². The largest absolute Gasteiger partial charge is 0.0881 e. The average Bonchev–Trinajstić information content (AvgIpc) is 2.62. The summed E-state index contributed by atoms with van der Waals surface area (Å²) >= 11 is 5.00. The van der Waals surface area contributed by atoms with Crippen LogP contribution in [0.5, 0.6) is 0 Å². The van der Waals surface area contributed by atoms with E-state index in [0.717, 1.165) is 0 Å². The van der Waals surface area contributed by atoms with E-state index in [1.807, 2.05) is 0 Å². The Morgan fingerprint density at radius 2 is 1.21 bits per heavy atom. The third-order valence-electron chi connectivity index (χ3n) is 4.91. The van der Waals surface area contributed by atoms with Gasteiger partial charge in [0.25, 0.3) is 0 Å². The lowest BCUT2D eigenvalue weighted by molar-refractivity contribution is 0.535. The SMILES string of the molecule is CCCCCCCCCCCCCCCCc1cccc(C=S)c1. The smallest absolute Gasteiger partial charge is 0.00862 e. The third kappa shape index (κ3) is 11.8. The van der Waals surface area contributed by atoms with Gasteiger partial charge >= 0.3 is 0 Å². The number of hydrogen-bond donors (Lipinski definition) is 0. The van der Waals surface area contributed by atoms with E-state index in [4.69, 9.17) is 12.2 Å². The van der Waals surface area contributed by atoms with E-state index in [0.29, 0.717) is 0 Å². The van der Waals surface area contributed by atoms with Crippen LogP contribution in [0.4, 0.5) is 0 Å². The lowest BCUT2D eigenvalue weighted by Gasteiger charge is -2.04. The zero-order valence-electron chi connectivity index (χ0n) is 15.9. The van der Waals surface area contributed by atoms with E-state index in [1.165, 1.54) is 107 Å². The second-order valence-electron chi connectivity index (χ2n) is 7.21. The molecule has 0 atom stereocenters. The van der Waals surface area contributed by atoms with E-state index in [2.05, 4.69) is 31.2 Å². The number of thiocarbonyl (C=S) groups is 1. The molecule has 0 aliphatic rings. The maximum Gasteiger partial charge on any atom is 0.00862 e. The summed E-state index contributed by atoms with van der Waals surface area (Å²) in [5.41, 5.74) is 2.61. The second-order valence-corrected chi connectivity index (χ2v) is 7.44. The van der Waals surface area contributed by atoms with E-state index in [1.54, 1.807) is 5.37 Å². The minimum absolute atomic E-state index is 1.17. The number of hydrogen-bond acceptors (Lipinski definition) is 1. The molecule has 0 N–H and O–H groups in total.